The predicted molar refractivity (Wildman–Crippen MR) is 119 cm³/mol. The zero-order valence-electron chi connectivity index (χ0n) is 18.8. The van der Waals surface area contributed by atoms with E-state index in [0.29, 0.717) is 6.07 Å². The third-order valence-corrected chi connectivity index (χ3v) is 5.25. The summed E-state index contributed by atoms with van der Waals surface area (Å²) in [6, 6.07) is -3.04. The minimum atomic E-state index is -1.59. The Kier molecular flexibility index (Phi) is 9.60. The van der Waals surface area contributed by atoms with Gasteiger partial charge in [-0.15, -0.1) is 0 Å². The highest BCUT2D eigenvalue weighted by Gasteiger charge is 2.31. The summed E-state index contributed by atoms with van der Waals surface area (Å²) in [7, 11) is 0. The quantitative estimate of drug-likeness (QED) is 0.169. The summed E-state index contributed by atoms with van der Waals surface area (Å²) < 4.78 is 14.7. The summed E-state index contributed by atoms with van der Waals surface area (Å²) in [6.45, 7) is -0.970. The van der Waals surface area contributed by atoms with E-state index in [1.807, 2.05) is 0 Å². The van der Waals surface area contributed by atoms with E-state index in [9.17, 15) is 43.6 Å². The van der Waals surface area contributed by atoms with Crippen molar-refractivity contribution in [1.29, 1.82) is 0 Å². The molecule has 8 N–H and O–H groups in total. The minimum Gasteiger partial charge on any atom is -0.481 e. The van der Waals surface area contributed by atoms with Crippen molar-refractivity contribution < 1.29 is 43.5 Å². The van der Waals surface area contributed by atoms with Gasteiger partial charge < -0.3 is 37.2 Å². The van der Waals surface area contributed by atoms with Gasteiger partial charge >= 0.3 is 5.97 Å². The average Bonchev–Trinajstić information content (AvgIpc) is 2.81. The van der Waals surface area contributed by atoms with E-state index >= 15 is 0 Å². The maximum atomic E-state index is 14.7. The molecule has 1 aromatic rings. The smallest absolute Gasteiger partial charge is 0.303 e. The lowest BCUT2D eigenvalue weighted by Gasteiger charge is -2.23. The van der Waals surface area contributed by atoms with E-state index in [2.05, 4.69) is 21.3 Å². The van der Waals surface area contributed by atoms with Gasteiger partial charge in [-0.05, 0) is 19.3 Å². The molecule has 2 rings (SSSR count). The molecule has 196 valence electrons. The van der Waals surface area contributed by atoms with Gasteiger partial charge in [-0.25, -0.2) is 4.39 Å². The van der Waals surface area contributed by atoms with Crippen molar-refractivity contribution >= 4 is 41.0 Å². The van der Waals surface area contributed by atoms with Crippen LogP contribution in [0.4, 0.5) is 15.8 Å². The molecule has 0 unspecified atom stereocenters. The zero-order chi connectivity index (χ0) is 27.0. The lowest BCUT2D eigenvalue weighted by atomic mass is 10.1. The largest absolute Gasteiger partial charge is 0.481 e. The molecule has 0 aromatic heterocycles. The number of anilines is 1. The first kappa shape index (κ1) is 27.9. The Hall–Kier alpha value is -4.34. The maximum Gasteiger partial charge on any atom is 0.303 e. The van der Waals surface area contributed by atoms with Crippen LogP contribution < -0.4 is 27.0 Å². The number of hydrogen-bond donors (Lipinski definition) is 7. The number of amides is 4. The van der Waals surface area contributed by atoms with Gasteiger partial charge in [0.25, 0.3) is 11.6 Å². The molecule has 0 saturated carbocycles. The van der Waals surface area contributed by atoms with Gasteiger partial charge in [-0.1, -0.05) is 0 Å². The van der Waals surface area contributed by atoms with Crippen LogP contribution in [0.3, 0.4) is 0 Å². The van der Waals surface area contributed by atoms with E-state index < -0.39 is 94.9 Å². The number of carboxylic acid groups (broad SMARTS) is 1. The Morgan fingerprint density at radius 2 is 1.81 bits per heavy atom. The molecule has 0 fully saturated rings. The number of aliphatic hydroxyl groups is 1. The molecular weight excluding hydrogens is 487 g/mol. The second kappa shape index (κ2) is 12.4. The van der Waals surface area contributed by atoms with E-state index in [-0.39, 0.29) is 19.4 Å². The topological polar surface area (TPSA) is 243 Å². The Labute approximate surface area is 202 Å². The standard InChI is InChI=1S/C20H25FN6O9/c21-11-7-9(27(35)36)6-10-16(11)23-5-1-2-12(17(22)31)24-20(34)14(8-28)26-19(33)13(25-18(10)32)3-4-15(29)30/h6-7,12-14,23,28H,1-5,8H2,(H2,22,31)(H,24,34)(H,25,32)(H,26,33)(H,29,30)/t12-,13-,14-/m0/s1. The molecule has 1 aromatic carbocycles. The number of nitrogens with zero attached hydrogens (tertiary/aromatic N) is 1. The van der Waals surface area contributed by atoms with Gasteiger partial charge in [0.05, 0.1) is 28.8 Å². The number of nitro groups is 1. The predicted octanol–water partition coefficient (Wildman–Crippen LogP) is -1.65. The van der Waals surface area contributed by atoms with E-state index in [0.717, 1.165) is 6.07 Å². The van der Waals surface area contributed by atoms with Gasteiger partial charge in [0.2, 0.25) is 17.7 Å². The van der Waals surface area contributed by atoms with Crippen LogP contribution in [-0.4, -0.2) is 76.0 Å². The molecule has 0 aliphatic carbocycles. The fourth-order valence-corrected chi connectivity index (χ4v) is 3.37. The van der Waals surface area contributed by atoms with Crippen LogP contribution in [0.1, 0.15) is 36.0 Å². The Bertz CT molecular complexity index is 1070. The molecule has 1 aliphatic rings. The fraction of sp³-hybridized carbons (Fsp3) is 0.450. The Balaban J connectivity index is 2.53. The van der Waals surface area contributed by atoms with Crippen LogP contribution in [0, 0.1) is 15.9 Å². The van der Waals surface area contributed by atoms with Crippen LogP contribution in [-0.2, 0) is 19.2 Å². The summed E-state index contributed by atoms with van der Waals surface area (Å²) in [5.41, 5.74) is 3.58. The van der Waals surface area contributed by atoms with Crippen molar-refractivity contribution in [3.05, 3.63) is 33.6 Å². The maximum absolute atomic E-state index is 14.7. The molecule has 4 amide bonds. The number of fused-ring (bicyclic) bond motifs is 1. The number of aliphatic hydroxyl groups excluding tert-OH is 1. The number of primary amides is 1. The second-order valence-corrected chi connectivity index (χ2v) is 7.84. The SMILES string of the molecule is NC(=O)[C@@H]1CCCNc2c(F)cc([N+](=O)[O-])cc2C(=O)N[C@@H](CCC(=O)O)C(=O)N[C@@H](CO)C(=O)N1. The van der Waals surface area contributed by atoms with Crippen molar-refractivity contribution in [3.8, 4) is 0 Å². The molecule has 36 heavy (non-hydrogen) atoms. The molecule has 0 radical (unpaired) electrons. The molecule has 16 heteroatoms. The third kappa shape index (κ3) is 7.33. The molecular formula is C20H25FN6O9. The number of nitro benzene ring substituents is 1. The summed E-state index contributed by atoms with van der Waals surface area (Å²) in [5.74, 6) is -6.58. The third-order valence-electron chi connectivity index (χ3n) is 5.25. The van der Waals surface area contributed by atoms with Gasteiger partial charge in [0, 0.05) is 19.0 Å². The number of aliphatic carboxylic acids is 1. The number of rotatable bonds is 6. The van der Waals surface area contributed by atoms with Gasteiger partial charge in [-0.2, -0.15) is 0 Å². The van der Waals surface area contributed by atoms with Crippen molar-refractivity contribution in [3.63, 3.8) is 0 Å². The first-order valence-electron chi connectivity index (χ1n) is 10.7. The first-order chi connectivity index (χ1) is 16.9. The zero-order valence-corrected chi connectivity index (χ0v) is 18.8. The molecule has 0 spiro atoms. The number of carbonyl (C=O) groups excluding carboxylic acids is 4. The summed E-state index contributed by atoms with van der Waals surface area (Å²) in [4.78, 5) is 71.3. The highest BCUT2D eigenvalue weighted by Crippen LogP contribution is 2.27. The van der Waals surface area contributed by atoms with Crippen molar-refractivity contribution in [2.45, 2.75) is 43.8 Å². The van der Waals surface area contributed by atoms with Crippen LogP contribution in [0.5, 0.6) is 0 Å². The second-order valence-electron chi connectivity index (χ2n) is 7.84. The lowest BCUT2D eigenvalue weighted by molar-refractivity contribution is -0.385. The van der Waals surface area contributed by atoms with E-state index in [4.69, 9.17) is 10.8 Å². The van der Waals surface area contributed by atoms with Crippen LogP contribution in [0.2, 0.25) is 0 Å². The number of nitrogens with two attached hydrogens (primary N) is 1. The monoisotopic (exact) mass is 512 g/mol. The molecule has 0 saturated heterocycles. The van der Waals surface area contributed by atoms with Gasteiger partial charge in [0.15, 0.2) is 5.82 Å². The van der Waals surface area contributed by atoms with Crippen molar-refractivity contribution in [2.75, 3.05) is 18.5 Å². The molecule has 1 heterocycles. The summed E-state index contributed by atoms with van der Waals surface area (Å²) in [6.07, 6.45) is -1.01. The van der Waals surface area contributed by atoms with Gasteiger partial charge in [-0.3, -0.25) is 34.1 Å². The Morgan fingerprint density at radius 1 is 1.14 bits per heavy atom. The van der Waals surface area contributed by atoms with Crippen LogP contribution >= 0.6 is 0 Å². The van der Waals surface area contributed by atoms with E-state index in [1.165, 1.54) is 0 Å². The fourth-order valence-electron chi connectivity index (χ4n) is 3.37. The molecule has 3 atom stereocenters. The number of carboxylic acids is 1. The molecule has 1 aliphatic heterocycles. The van der Waals surface area contributed by atoms with Crippen molar-refractivity contribution in [2.24, 2.45) is 5.73 Å². The van der Waals surface area contributed by atoms with E-state index in [1.54, 1.807) is 0 Å². The van der Waals surface area contributed by atoms with Gasteiger partial charge in [0.1, 0.15) is 18.1 Å². The summed E-state index contributed by atoms with van der Waals surface area (Å²) >= 11 is 0. The Morgan fingerprint density at radius 3 is 2.39 bits per heavy atom. The molecule has 15 nitrogen and oxygen atoms in total. The number of benzene rings is 1. The first-order valence-corrected chi connectivity index (χ1v) is 10.7. The summed E-state index contributed by atoms with van der Waals surface area (Å²) in [5, 5.41) is 39.0. The van der Waals surface area contributed by atoms with Crippen LogP contribution in [0.15, 0.2) is 12.1 Å². The number of halogens is 1. The molecule has 0 bridgehead atoms. The van der Waals surface area contributed by atoms with Crippen molar-refractivity contribution in [1.82, 2.24) is 16.0 Å². The number of non-ortho nitro benzene ring substituents is 1. The lowest BCUT2D eigenvalue weighted by Crippen LogP contribution is -2.57. The van der Waals surface area contributed by atoms with Crippen LogP contribution in [0.25, 0.3) is 0 Å². The highest BCUT2D eigenvalue weighted by molar-refractivity contribution is 6.03. The number of hydrogen-bond acceptors (Lipinski definition) is 9. The number of carbonyl (C=O) groups is 5. The minimum absolute atomic E-state index is 0.0441. The average molecular weight is 512 g/mol. The highest BCUT2D eigenvalue weighted by atomic mass is 19.1. The number of nitrogens with one attached hydrogen (secondary N) is 4. The normalized spacial score (nSPS) is 21.4.